The van der Waals surface area contributed by atoms with Crippen LogP contribution >= 0.6 is 0 Å². The molecule has 4 rings (SSSR count). The molecule has 0 bridgehead atoms. The second kappa shape index (κ2) is 4.59. The van der Waals surface area contributed by atoms with Gasteiger partial charge in [0, 0.05) is 6.54 Å². The van der Waals surface area contributed by atoms with Gasteiger partial charge in [0.25, 0.3) is 0 Å². The average molecular weight is 270 g/mol. The van der Waals surface area contributed by atoms with E-state index in [0.717, 1.165) is 31.7 Å². The van der Waals surface area contributed by atoms with Crippen molar-refractivity contribution in [1.29, 1.82) is 0 Å². The van der Waals surface area contributed by atoms with Crippen LogP contribution in [-0.4, -0.2) is 22.9 Å². The summed E-state index contributed by atoms with van der Waals surface area (Å²) in [6, 6.07) is 10.4. The first kappa shape index (κ1) is 12.4. The maximum Gasteiger partial charge on any atom is 0.244 e. The third-order valence-corrected chi connectivity index (χ3v) is 4.97. The summed E-state index contributed by atoms with van der Waals surface area (Å²) in [4.78, 5) is 14.7. The molecule has 1 aromatic rings. The van der Waals surface area contributed by atoms with Crippen molar-refractivity contribution in [2.75, 3.05) is 6.54 Å². The Bertz CT molecular complexity index is 505. The lowest BCUT2D eigenvalue weighted by Gasteiger charge is -2.24. The molecule has 1 aromatic carbocycles. The van der Waals surface area contributed by atoms with Crippen LogP contribution in [0.3, 0.4) is 0 Å². The fourth-order valence-electron chi connectivity index (χ4n) is 3.36. The fourth-order valence-corrected chi connectivity index (χ4v) is 3.36. The molecular formula is C17H22N2O. The van der Waals surface area contributed by atoms with E-state index in [9.17, 15) is 4.79 Å². The summed E-state index contributed by atoms with van der Waals surface area (Å²) < 4.78 is 0. The maximum absolute atomic E-state index is 12.6. The fraction of sp³-hybridized carbons (Fsp3) is 0.588. The lowest BCUT2D eigenvalue weighted by molar-refractivity contribution is -0.130. The van der Waals surface area contributed by atoms with Crippen molar-refractivity contribution in [3.63, 3.8) is 0 Å². The van der Waals surface area contributed by atoms with Gasteiger partial charge in [-0.05, 0) is 37.2 Å². The highest BCUT2D eigenvalue weighted by Gasteiger charge is 2.59. The first-order valence-electron chi connectivity index (χ1n) is 7.92. The normalized spacial score (nSPS) is 27.3. The number of nitrogens with zero attached hydrogens (tertiary/aromatic N) is 1. The third kappa shape index (κ3) is 2.14. The van der Waals surface area contributed by atoms with Gasteiger partial charge in [-0.1, -0.05) is 43.2 Å². The number of carbonyl (C=O) groups excluding carboxylic acids is 1. The van der Waals surface area contributed by atoms with Crippen LogP contribution in [0, 0.1) is 5.92 Å². The summed E-state index contributed by atoms with van der Waals surface area (Å²) in [6.45, 7) is 0.906. The SMILES string of the molecule is O=C1N(CCCC2CC2)C(c2ccccc2)NC12CC2. The highest BCUT2D eigenvalue weighted by atomic mass is 16.2. The molecule has 1 heterocycles. The van der Waals surface area contributed by atoms with Gasteiger partial charge < -0.3 is 4.90 Å². The van der Waals surface area contributed by atoms with E-state index in [0.29, 0.717) is 5.91 Å². The average Bonchev–Trinajstić information content (AvgIpc) is 3.37. The highest BCUT2D eigenvalue weighted by Crippen LogP contribution is 2.46. The van der Waals surface area contributed by atoms with Crippen molar-refractivity contribution in [3.8, 4) is 0 Å². The number of benzene rings is 1. The number of carbonyl (C=O) groups is 1. The zero-order valence-electron chi connectivity index (χ0n) is 11.8. The smallest absolute Gasteiger partial charge is 0.244 e. The number of rotatable bonds is 5. The van der Waals surface area contributed by atoms with Crippen LogP contribution in [0.25, 0.3) is 0 Å². The minimum absolute atomic E-state index is 0.0883. The largest absolute Gasteiger partial charge is 0.321 e. The Morgan fingerprint density at radius 1 is 1.20 bits per heavy atom. The van der Waals surface area contributed by atoms with Crippen molar-refractivity contribution < 1.29 is 4.79 Å². The van der Waals surface area contributed by atoms with Crippen LogP contribution < -0.4 is 5.32 Å². The Morgan fingerprint density at radius 2 is 1.95 bits per heavy atom. The van der Waals surface area contributed by atoms with Gasteiger partial charge in [0.05, 0.1) is 0 Å². The van der Waals surface area contributed by atoms with Gasteiger partial charge in [0.15, 0.2) is 0 Å². The van der Waals surface area contributed by atoms with Crippen molar-refractivity contribution in [3.05, 3.63) is 35.9 Å². The Balaban J connectivity index is 1.50. The summed E-state index contributed by atoms with van der Waals surface area (Å²) in [5.74, 6) is 1.29. The van der Waals surface area contributed by atoms with E-state index < -0.39 is 0 Å². The monoisotopic (exact) mass is 270 g/mol. The Kier molecular flexibility index (Phi) is 2.84. The summed E-state index contributed by atoms with van der Waals surface area (Å²) in [6.07, 6.45) is 7.35. The van der Waals surface area contributed by atoms with E-state index in [2.05, 4.69) is 34.5 Å². The number of nitrogens with one attached hydrogen (secondary N) is 1. The molecule has 2 saturated carbocycles. The lowest BCUT2D eigenvalue weighted by atomic mass is 10.1. The number of amides is 1. The predicted molar refractivity (Wildman–Crippen MR) is 78.0 cm³/mol. The zero-order chi connectivity index (χ0) is 13.6. The predicted octanol–water partition coefficient (Wildman–Crippen LogP) is 2.84. The molecule has 1 N–H and O–H groups in total. The first-order valence-corrected chi connectivity index (χ1v) is 7.92. The molecule has 3 nitrogen and oxygen atoms in total. The first-order chi connectivity index (χ1) is 9.78. The molecule has 0 aromatic heterocycles. The molecule has 1 unspecified atom stereocenters. The van der Waals surface area contributed by atoms with Gasteiger partial charge >= 0.3 is 0 Å². The molecule has 1 saturated heterocycles. The molecule has 0 radical (unpaired) electrons. The van der Waals surface area contributed by atoms with Gasteiger partial charge in [-0.25, -0.2) is 0 Å². The molecule has 1 atom stereocenters. The van der Waals surface area contributed by atoms with E-state index in [-0.39, 0.29) is 11.7 Å². The van der Waals surface area contributed by atoms with E-state index >= 15 is 0 Å². The van der Waals surface area contributed by atoms with Crippen LogP contribution in [0.5, 0.6) is 0 Å². The van der Waals surface area contributed by atoms with Gasteiger partial charge in [-0.3, -0.25) is 10.1 Å². The van der Waals surface area contributed by atoms with E-state index in [1.807, 2.05) is 6.07 Å². The van der Waals surface area contributed by atoms with Crippen LogP contribution in [0.4, 0.5) is 0 Å². The minimum Gasteiger partial charge on any atom is -0.321 e. The second-order valence-corrected chi connectivity index (χ2v) is 6.62. The summed E-state index contributed by atoms with van der Waals surface area (Å²) in [5.41, 5.74) is 1.01. The molecule has 2 aliphatic carbocycles. The molecule has 106 valence electrons. The quantitative estimate of drug-likeness (QED) is 0.892. The van der Waals surface area contributed by atoms with Crippen molar-refractivity contribution >= 4 is 5.91 Å². The van der Waals surface area contributed by atoms with Crippen molar-refractivity contribution in [2.45, 2.75) is 50.2 Å². The molecule has 20 heavy (non-hydrogen) atoms. The number of hydrogen-bond acceptors (Lipinski definition) is 2. The Morgan fingerprint density at radius 3 is 2.60 bits per heavy atom. The molecule has 3 aliphatic rings. The lowest BCUT2D eigenvalue weighted by Crippen LogP contribution is -2.33. The number of hydrogen-bond donors (Lipinski definition) is 1. The minimum atomic E-state index is -0.208. The summed E-state index contributed by atoms with van der Waals surface area (Å²) in [5, 5.41) is 3.59. The van der Waals surface area contributed by atoms with Crippen LogP contribution in [0.15, 0.2) is 30.3 Å². The topological polar surface area (TPSA) is 32.3 Å². The van der Waals surface area contributed by atoms with Gasteiger partial charge in [-0.2, -0.15) is 0 Å². The molecule has 1 spiro atoms. The second-order valence-electron chi connectivity index (χ2n) is 6.62. The van der Waals surface area contributed by atoms with E-state index in [4.69, 9.17) is 0 Å². The zero-order valence-corrected chi connectivity index (χ0v) is 11.8. The summed E-state index contributed by atoms with van der Waals surface area (Å²) >= 11 is 0. The van der Waals surface area contributed by atoms with Crippen LogP contribution in [0.2, 0.25) is 0 Å². The Labute approximate surface area is 120 Å². The molecule has 3 fully saturated rings. The third-order valence-electron chi connectivity index (χ3n) is 4.97. The van der Waals surface area contributed by atoms with Crippen molar-refractivity contribution in [1.82, 2.24) is 10.2 Å². The van der Waals surface area contributed by atoms with Crippen molar-refractivity contribution in [2.24, 2.45) is 5.92 Å². The Hall–Kier alpha value is -1.35. The standard InChI is InChI=1S/C17H22N2O/c20-16-17(10-11-17)18-15(14-6-2-1-3-7-14)19(16)12-4-5-13-8-9-13/h1-3,6-7,13,15,18H,4-5,8-12H2. The van der Waals surface area contributed by atoms with Crippen LogP contribution in [-0.2, 0) is 4.79 Å². The molecule has 1 amide bonds. The molecule has 1 aliphatic heterocycles. The van der Waals surface area contributed by atoms with E-state index in [1.54, 1.807) is 0 Å². The highest BCUT2D eigenvalue weighted by molar-refractivity contribution is 5.92. The molecule has 3 heteroatoms. The van der Waals surface area contributed by atoms with E-state index in [1.165, 1.54) is 24.8 Å². The molecular weight excluding hydrogens is 248 g/mol. The van der Waals surface area contributed by atoms with Gasteiger partial charge in [-0.15, -0.1) is 0 Å². The maximum atomic E-state index is 12.6. The summed E-state index contributed by atoms with van der Waals surface area (Å²) in [7, 11) is 0. The van der Waals surface area contributed by atoms with Crippen LogP contribution in [0.1, 0.15) is 50.3 Å². The van der Waals surface area contributed by atoms with Gasteiger partial charge in [0.1, 0.15) is 11.7 Å². The van der Waals surface area contributed by atoms with Gasteiger partial charge in [0.2, 0.25) is 5.91 Å².